The van der Waals surface area contributed by atoms with Gasteiger partial charge in [-0.15, -0.1) is 0 Å². The van der Waals surface area contributed by atoms with Crippen LogP contribution in [0.5, 0.6) is 0 Å². The lowest BCUT2D eigenvalue weighted by molar-refractivity contribution is 0.584. The number of benzene rings is 1. The van der Waals surface area contributed by atoms with E-state index in [9.17, 15) is 0 Å². The zero-order valence-electron chi connectivity index (χ0n) is 11.6. The smallest absolute Gasteiger partial charge is 0.108 e. The molecule has 19 heavy (non-hydrogen) atoms. The third-order valence-electron chi connectivity index (χ3n) is 2.95. The molecular weight excluding hydrogens is 258 g/mol. The van der Waals surface area contributed by atoms with Crippen molar-refractivity contribution in [1.29, 1.82) is 0 Å². The monoisotopic (exact) mass is 277 g/mol. The van der Waals surface area contributed by atoms with E-state index >= 15 is 0 Å². The summed E-state index contributed by atoms with van der Waals surface area (Å²) in [5, 5.41) is 4.13. The number of hydrogen-bond donors (Lipinski definition) is 2. The van der Waals surface area contributed by atoms with Crippen molar-refractivity contribution in [2.24, 2.45) is 0 Å². The van der Waals surface area contributed by atoms with E-state index in [2.05, 4.69) is 29.1 Å². The van der Waals surface area contributed by atoms with Crippen LogP contribution in [0, 0.1) is 6.92 Å². The minimum atomic E-state index is 0.503. The van der Waals surface area contributed by atoms with Crippen LogP contribution in [-0.2, 0) is 6.42 Å². The standard InChI is InChI=1S/C15H20ClN3/c1-10(2)17-8-7-14-18-11(3)15(19-14)12-5-4-6-13(16)9-12/h4-6,9-10,17H,7-8H2,1-3H3,(H,18,19). The molecule has 0 aliphatic rings. The first-order valence-corrected chi connectivity index (χ1v) is 6.99. The number of nitrogens with zero attached hydrogens (tertiary/aromatic N) is 1. The summed E-state index contributed by atoms with van der Waals surface area (Å²) in [6, 6.07) is 8.31. The lowest BCUT2D eigenvalue weighted by Gasteiger charge is -2.05. The van der Waals surface area contributed by atoms with Crippen molar-refractivity contribution in [3.8, 4) is 11.3 Å². The van der Waals surface area contributed by atoms with E-state index in [-0.39, 0.29) is 0 Å². The van der Waals surface area contributed by atoms with E-state index in [1.165, 1.54) is 0 Å². The number of imidazole rings is 1. The molecule has 0 bridgehead atoms. The molecule has 2 rings (SSSR count). The molecule has 0 amide bonds. The predicted octanol–water partition coefficient (Wildman–Crippen LogP) is 3.58. The quantitative estimate of drug-likeness (QED) is 0.877. The molecule has 1 aromatic carbocycles. The molecule has 0 spiro atoms. The third kappa shape index (κ3) is 3.82. The summed E-state index contributed by atoms with van der Waals surface area (Å²) in [4.78, 5) is 8.01. The molecule has 1 aromatic heterocycles. The Morgan fingerprint density at radius 3 is 2.84 bits per heavy atom. The van der Waals surface area contributed by atoms with Crippen molar-refractivity contribution in [2.45, 2.75) is 33.2 Å². The first kappa shape index (κ1) is 14.1. The Bertz CT molecular complexity index is 546. The Balaban J connectivity index is 2.12. The van der Waals surface area contributed by atoms with Crippen molar-refractivity contribution in [2.75, 3.05) is 6.54 Å². The van der Waals surface area contributed by atoms with Crippen LogP contribution in [0.2, 0.25) is 5.02 Å². The zero-order chi connectivity index (χ0) is 13.8. The maximum absolute atomic E-state index is 6.02. The highest BCUT2D eigenvalue weighted by atomic mass is 35.5. The number of H-pyrrole nitrogens is 1. The van der Waals surface area contributed by atoms with E-state index < -0.39 is 0 Å². The average molecular weight is 278 g/mol. The molecule has 2 N–H and O–H groups in total. The van der Waals surface area contributed by atoms with Gasteiger partial charge < -0.3 is 10.3 Å². The van der Waals surface area contributed by atoms with Crippen LogP contribution < -0.4 is 5.32 Å². The zero-order valence-corrected chi connectivity index (χ0v) is 12.4. The number of hydrogen-bond acceptors (Lipinski definition) is 2. The Morgan fingerprint density at radius 1 is 1.37 bits per heavy atom. The highest BCUT2D eigenvalue weighted by molar-refractivity contribution is 6.30. The van der Waals surface area contributed by atoms with Crippen LogP contribution in [0.1, 0.15) is 25.4 Å². The Labute approximate surface area is 119 Å². The van der Waals surface area contributed by atoms with Gasteiger partial charge in [0.1, 0.15) is 5.82 Å². The number of aryl methyl sites for hydroxylation is 1. The van der Waals surface area contributed by atoms with Gasteiger partial charge in [-0.25, -0.2) is 4.98 Å². The van der Waals surface area contributed by atoms with E-state index in [4.69, 9.17) is 11.6 Å². The van der Waals surface area contributed by atoms with Crippen LogP contribution >= 0.6 is 11.6 Å². The molecule has 0 unspecified atom stereocenters. The molecular formula is C15H20ClN3. The van der Waals surface area contributed by atoms with E-state index in [1.54, 1.807) is 0 Å². The molecule has 0 aliphatic heterocycles. The first-order valence-electron chi connectivity index (χ1n) is 6.61. The molecule has 0 saturated carbocycles. The summed E-state index contributed by atoms with van der Waals surface area (Å²) in [7, 11) is 0. The average Bonchev–Trinajstić information content (AvgIpc) is 2.70. The second kappa shape index (κ2) is 6.22. The second-order valence-electron chi connectivity index (χ2n) is 5.03. The van der Waals surface area contributed by atoms with Crippen LogP contribution in [0.4, 0.5) is 0 Å². The van der Waals surface area contributed by atoms with Crippen molar-refractivity contribution in [1.82, 2.24) is 15.3 Å². The summed E-state index contributed by atoms with van der Waals surface area (Å²) in [6.07, 6.45) is 0.902. The number of halogens is 1. The van der Waals surface area contributed by atoms with Crippen molar-refractivity contribution in [3.05, 3.63) is 40.8 Å². The molecule has 0 saturated heterocycles. The summed E-state index contributed by atoms with van der Waals surface area (Å²) >= 11 is 6.02. The van der Waals surface area contributed by atoms with Gasteiger partial charge in [-0.2, -0.15) is 0 Å². The van der Waals surface area contributed by atoms with Gasteiger partial charge >= 0.3 is 0 Å². The maximum atomic E-state index is 6.02. The van der Waals surface area contributed by atoms with Gasteiger partial charge in [0.2, 0.25) is 0 Å². The highest BCUT2D eigenvalue weighted by Gasteiger charge is 2.09. The molecule has 102 valence electrons. The van der Waals surface area contributed by atoms with Gasteiger partial charge in [0.05, 0.1) is 5.69 Å². The summed E-state index contributed by atoms with van der Waals surface area (Å²) in [5.74, 6) is 1.01. The number of aromatic amines is 1. The largest absolute Gasteiger partial charge is 0.346 e. The van der Waals surface area contributed by atoms with Crippen LogP contribution in [0.3, 0.4) is 0 Å². The fourth-order valence-electron chi connectivity index (χ4n) is 2.04. The predicted molar refractivity (Wildman–Crippen MR) is 80.6 cm³/mol. The van der Waals surface area contributed by atoms with E-state index in [0.29, 0.717) is 6.04 Å². The van der Waals surface area contributed by atoms with Crippen LogP contribution in [-0.4, -0.2) is 22.6 Å². The van der Waals surface area contributed by atoms with E-state index in [0.717, 1.165) is 40.8 Å². The molecule has 2 aromatic rings. The number of nitrogens with one attached hydrogen (secondary N) is 2. The van der Waals surface area contributed by atoms with Gasteiger partial charge in [-0.05, 0) is 19.1 Å². The fourth-order valence-corrected chi connectivity index (χ4v) is 2.23. The third-order valence-corrected chi connectivity index (χ3v) is 3.18. The Morgan fingerprint density at radius 2 is 2.16 bits per heavy atom. The molecule has 4 heteroatoms. The SMILES string of the molecule is Cc1[nH]c(CCNC(C)C)nc1-c1cccc(Cl)c1. The molecule has 0 radical (unpaired) electrons. The van der Waals surface area contributed by atoms with E-state index in [1.807, 2.05) is 31.2 Å². The maximum Gasteiger partial charge on any atom is 0.108 e. The van der Waals surface area contributed by atoms with Crippen molar-refractivity contribution in [3.63, 3.8) is 0 Å². The topological polar surface area (TPSA) is 40.7 Å². The number of rotatable bonds is 5. The van der Waals surface area contributed by atoms with Crippen LogP contribution in [0.15, 0.2) is 24.3 Å². The normalized spacial score (nSPS) is 11.2. The van der Waals surface area contributed by atoms with Gasteiger partial charge in [0, 0.05) is 35.3 Å². The van der Waals surface area contributed by atoms with Crippen molar-refractivity contribution >= 4 is 11.6 Å². The van der Waals surface area contributed by atoms with Gasteiger partial charge in [-0.1, -0.05) is 37.6 Å². The molecule has 3 nitrogen and oxygen atoms in total. The fraction of sp³-hybridized carbons (Fsp3) is 0.400. The summed E-state index contributed by atoms with van der Waals surface area (Å²) in [6.45, 7) is 7.26. The van der Waals surface area contributed by atoms with Gasteiger partial charge in [-0.3, -0.25) is 0 Å². The minimum Gasteiger partial charge on any atom is -0.346 e. The Hall–Kier alpha value is -1.32. The number of aromatic nitrogens is 2. The lowest BCUT2D eigenvalue weighted by atomic mass is 10.1. The summed E-state index contributed by atoms with van der Waals surface area (Å²) in [5.41, 5.74) is 3.13. The summed E-state index contributed by atoms with van der Waals surface area (Å²) < 4.78 is 0. The lowest BCUT2D eigenvalue weighted by Crippen LogP contribution is -2.25. The van der Waals surface area contributed by atoms with Gasteiger partial charge in [0.25, 0.3) is 0 Å². The first-order chi connectivity index (χ1) is 9.06. The molecule has 1 heterocycles. The van der Waals surface area contributed by atoms with Crippen molar-refractivity contribution < 1.29 is 0 Å². The minimum absolute atomic E-state index is 0.503. The highest BCUT2D eigenvalue weighted by Crippen LogP contribution is 2.24. The van der Waals surface area contributed by atoms with Gasteiger partial charge in [0.15, 0.2) is 0 Å². The second-order valence-corrected chi connectivity index (χ2v) is 5.46. The van der Waals surface area contributed by atoms with Crippen LogP contribution in [0.25, 0.3) is 11.3 Å². The molecule has 0 atom stereocenters. The molecule has 0 aliphatic carbocycles. The Kier molecular flexibility index (Phi) is 4.61. The molecule has 0 fully saturated rings.